The van der Waals surface area contributed by atoms with Gasteiger partial charge in [-0.3, -0.25) is 4.79 Å². The summed E-state index contributed by atoms with van der Waals surface area (Å²) in [4.78, 5) is 12.2. The molecule has 0 aromatic heterocycles. The van der Waals surface area contributed by atoms with Crippen LogP contribution in [0.5, 0.6) is 11.5 Å². The summed E-state index contributed by atoms with van der Waals surface area (Å²) in [7, 11) is 1.58. The lowest BCUT2D eigenvalue weighted by atomic mass is 9.88. The topological polar surface area (TPSA) is 47.6 Å². The molecule has 1 amide bonds. The third-order valence-corrected chi connectivity index (χ3v) is 4.59. The van der Waals surface area contributed by atoms with Crippen LogP contribution >= 0.6 is 0 Å². The number of carbonyl (C=O) groups excluding carboxylic acids is 1. The molecule has 144 valence electrons. The highest BCUT2D eigenvalue weighted by Crippen LogP contribution is 2.27. The van der Waals surface area contributed by atoms with Gasteiger partial charge in [-0.1, -0.05) is 72.8 Å². The van der Waals surface area contributed by atoms with Gasteiger partial charge in [0.25, 0.3) is 5.91 Å². The Morgan fingerprint density at radius 1 is 0.821 bits per heavy atom. The summed E-state index contributed by atoms with van der Waals surface area (Å²) in [6.45, 7) is 0.532. The first-order valence-electron chi connectivity index (χ1n) is 9.40. The second-order valence-corrected chi connectivity index (χ2v) is 6.45. The number of hydrogen-bond acceptors (Lipinski definition) is 3. The van der Waals surface area contributed by atoms with E-state index in [0.717, 1.165) is 6.42 Å². The van der Waals surface area contributed by atoms with Crippen LogP contribution in [0.3, 0.4) is 0 Å². The first kappa shape index (κ1) is 19.5. The summed E-state index contributed by atoms with van der Waals surface area (Å²) < 4.78 is 10.8. The van der Waals surface area contributed by atoms with Gasteiger partial charge in [0.05, 0.1) is 7.11 Å². The predicted molar refractivity (Wildman–Crippen MR) is 111 cm³/mol. The smallest absolute Gasteiger partial charge is 0.257 e. The third kappa shape index (κ3) is 5.36. The molecule has 0 aliphatic heterocycles. The highest BCUT2D eigenvalue weighted by Gasteiger charge is 2.14. The molecule has 0 fully saturated rings. The summed E-state index contributed by atoms with van der Waals surface area (Å²) in [6, 6.07) is 28.0. The average Bonchev–Trinajstić information content (AvgIpc) is 2.76. The number of ether oxygens (including phenoxy) is 2. The van der Waals surface area contributed by atoms with Gasteiger partial charge >= 0.3 is 0 Å². The van der Waals surface area contributed by atoms with Gasteiger partial charge in [0.2, 0.25) is 0 Å². The Hall–Kier alpha value is -3.27. The van der Waals surface area contributed by atoms with Gasteiger partial charge in [0.1, 0.15) is 0 Å². The van der Waals surface area contributed by atoms with Crippen LogP contribution in [0.4, 0.5) is 0 Å². The summed E-state index contributed by atoms with van der Waals surface area (Å²) in [5.74, 6) is 1.26. The number of methoxy groups -OCH3 is 1. The molecule has 0 aliphatic carbocycles. The van der Waals surface area contributed by atoms with E-state index in [4.69, 9.17) is 9.47 Å². The van der Waals surface area contributed by atoms with Gasteiger partial charge in [-0.05, 0) is 29.7 Å². The molecule has 0 bridgehead atoms. The van der Waals surface area contributed by atoms with Gasteiger partial charge in [0.15, 0.2) is 18.1 Å². The SMILES string of the molecule is COc1ccccc1OCC(=O)NCCC(c1ccccc1)c1ccccc1. The van der Waals surface area contributed by atoms with Crippen molar-refractivity contribution in [1.29, 1.82) is 0 Å². The highest BCUT2D eigenvalue weighted by molar-refractivity contribution is 5.77. The van der Waals surface area contributed by atoms with Crippen LogP contribution < -0.4 is 14.8 Å². The number of para-hydroxylation sites is 2. The van der Waals surface area contributed by atoms with Crippen molar-refractivity contribution in [3.8, 4) is 11.5 Å². The van der Waals surface area contributed by atoms with Gasteiger partial charge in [-0.15, -0.1) is 0 Å². The zero-order valence-corrected chi connectivity index (χ0v) is 16.0. The normalized spacial score (nSPS) is 10.5. The monoisotopic (exact) mass is 375 g/mol. The van der Waals surface area contributed by atoms with Gasteiger partial charge in [-0.2, -0.15) is 0 Å². The minimum absolute atomic E-state index is 0.0400. The summed E-state index contributed by atoms with van der Waals surface area (Å²) in [5, 5.41) is 2.96. The van der Waals surface area contributed by atoms with Crippen molar-refractivity contribution in [3.63, 3.8) is 0 Å². The van der Waals surface area contributed by atoms with Crippen molar-refractivity contribution in [2.75, 3.05) is 20.3 Å². The lowest BCUT2D eigenvalue weighted by Crippen LogP contribution is -2.30. The van der Waals surface area contributed by atoms with Crippen LogP contribution in [-0.2, 0) is 4.79 Å². The molecule has 0 spiro atoms. The molecular weight excluding hydrogens is 350 g/mol. The number of amides is 1. The van der Waals surface area contributed by atoms with Gasteiger partial charge in [0, 0.05) is 12.5 Å². The number of rotatable bonds is 9. The molecule has 3 aromatic carbocycles. The maximum Gasteiger partial charge on any atom is 0.257 e. The predicted octanol–water partition coefficient (Wildman–Crippen LogP) is 4.41. The van der Waals surface area contributed by atoms with Crippen molar-refractivity contribution >= 4 is 5.91 Å². The van der Waals surface area contributed by atoms with Gasteiger partial charge in [-0.25, -0.2) is 0 Å². The number of nitrogens with one attached hydrogen (secondary N) is 1. The second kappa shape index (κ2) is 10.2. The lowest BCUT2D eigenvalue weighted by Gasteiger charge is -2.18. The standard InChI is InChI=1S/C24H25NO3/c1-27-22-14-8-9-15-23(22)28-18-24(26)25-17-16-21(19-10-4-2-5-11-19)20-12-6-3-7-13-20/h2-15,21H,16-18H2,1H3,(H,25,26). The second-order valence-electron chi connectivity index (χ2n) is 6.45. The number of benzene rings is 3. The number of carbonyl (C=O) groups is 1. The Balaban J connectivity index is 1.55. The van der Waals surface area contributed by atoms with Crippen molar-refractivity contribution in [3.05, 3.63) is 96.1 Å². The summed E-state index contributed by atoms with van der Waals surface area (Å²) >= 11 is 0. The Labute approximate surface area is 166 Å². The third-order valence-electron chi connectivity index (χ3n) is 4.59. The maximum atomic E-state index is 12.2. The van der Waals surface area contributed by atoms with Crippen LogP contribution in [0.1, 0.15) is 23.5 Å². The zero-order chi connectivity index (χ0) is 19.6. The van der Waals surface area contributed by atoms with Crippen LogP contribution in [-0.4, -0.2) is 26.2 Å². The zero-order valence-electron chi connectivity index (χ0n) is 16.0. The van der Waals surface area contributed by atoms with Crippen molar-refractivity contribution in [2.24, 2.45) is 0 Å². The fraction of sp³-hybridized carbons (Fsp3) is 0.208. The number of hydrogen-bond donors (Lipinski definition) is 1. The molecule has 0 atom stereocenters. The van der Waals surface area contributed by atoms with E-state index >= 15 is 0 Å². The summed E-state index contributed by atoms with van der Waals surface area (Å²) in [6.07, 6.45) is 0.814. The molecule has 28 heavy (non-hydrogen) atoms. The molecule has 4 nitrogen and oxygen atoms in total. The Morgan fingerprint density at radius 2 is 1.36 bits per heavy atom. The van der Waals surface area contributed by atoms with E-state index in [9.17, 15) is 4.79 Å². The van der Waals surface area contributed by atoms with Crippen molar-refractivity contribution < 1.29 is 14.3 Å². The molecule has 0 radical (unpaired) electrons. The van der Waals surface area contributed by atoms with E-state index in [1.165, 1.54) is 11.1 Å². The highest BCUT2D eigenvalue weighted by atomic mass is 16.5. The Bertz CT molecular complexity index is 826. The molecular formula is C24H25NO3. The quantitative estimate of drug-likeness (QED) is 0.603. The van der Waals surface area contributed by atoms with E-state index in [0.29, 0.717) is 18.0 Å². The van der Waals surface area contributed by atoms with Gasteiger partial charge < -0.3 is 14.8 Å². The molecule has 1 N–H and O–H groups in total. The van der Waals surface area contributed by atoms with E-state index < -0.39 is 0 Å². The Kier molecular flexibility index (Phi) is 7.08. The lowest BCUT2D eigenvalue weighted by molar-refractivity contribution is -0.123. The fourth-order valence-corrected chi connectivity index (χ4v) is 3.18. The van der Waals surface area contributed by atoms with Crippen LogP contribution in [0.25, 0.3) is 0 Å². The molecule has 3 aromatic rings. The molecule has 0 unspecified atom stereocenters. The molecule has 0 heterocycles. The molecule has 0 aliphatic rings. The van der Waals surface area contributed by atoms with E-state index in [-0.39, 0.29) is 18.4 Å². The minimum Gasteiger partial charge on any atom is -0.493 e. The van der Waals surface area contributed by atoms with E-state index in [2.05, 4.69) is 29.6 Å². The Morgan fingerprint density at radius 3 is 1.93 bits per heavy atom. The summed E-state index contributed by atoms with van der Waals surface area (Å²) in [5.41, 5.74) is 2.49. The molecule has 0 saturated heterocycles. The first-order valence-corrected chi connectivity index (χ1v) is 9.40. The first-order chi connectivity index (χ1) is 13.8. The average molecular weight is 375 g/mol. The van der Waals surface area contributed by atoms with E-state index in [1.54, 1.807) is 19.2 Å². The van der Waals surface area contributed by atoms with Crippen LogP contribution in [0.15, 0.2) is 84.9 Å². The van der Waals surface area contributed by atoms with Crippen LogP contribution in [0, 0.1) is 0 Å². The molecule has 4 heteroatoms. The van der Waals surface area contributed by atoms with Crippen molar-refractivity contribution in [2.45, 2.75) is 12.3 Å². The fourth-order valence-electron chi connectivity index (χ4n) is 3.18. The van der Waals surface area contributed by atoms with Crippen molar-refractivity contribution in [1.82, 2.24) is 5.32 Å². The largest absolute Gasteiger partial charge is 0.493 e. The molecule has 0 saturated carbocycles. The van der Waals surface area contributed by atoms with E-state index in [1.807, 2.05) is 48.5 Å². The van der Waals surface area contributed by atoms with Crippen LogP contribution in [0.2, 0.25) is 0 Å². The maximum absolute atomic E-state index is 12.2. The minimum atomic E-state index is -0.147. The molecule has 3 rings (SSSR count).